The van der Waals surface area contributed by atoms with Crippen molar-refractivity contribution in [2.45, 2.75) is 50.0 Å². The molecule has 7 heteroatoms. The minimum Gasteiger partial charge on any atom is -0.497 e. The Balaban J connectivity index is 2.28. The second kappa shape index (κ2) is 7.59. The standard InChI is InChI=1S/C17H21F2NO4/c1-24-12-6-4-5-11(9-12)17(7-2-3-8-17)16(23)20-13(15(21)22)10-14(18)19/h4-6,9,13-14H,2-3,7-8,10H2,1H3,(H,20,23)(H,21,22). The fourth-order valence-electron chi connectivity index (χ4n) is 3.24. The summed E-state index contributed by atoms with van der Waals surface area (Å²) in [6, 6.07) is 5.45. The fraction of sp³-hybridized carbons (Fsp3) is 0.529. The van der Waals surface area contributed by atoms with Crippen LogP contribution >= 0.6 is 0 Å². The molecule has 1 aliphatic rings. The van der Waals surface area contributed by atoms with Crippen molar-refractivity contribution in [3.63, 3.8) is 0 Å². The first kappa shape index (κ1) is 18.2. The van der Waals surface area contributed by atoms with E-state index in [0.29, 0.717) is 18.6 Å². The molecule has 0 spiro atoms. The van der Waals surface area contributed by atoms with Crippen LogP contribution in [-0.2, 0) is 15.0 Å². The first-order chi connectivity index (χ1) is 11.4. The molecule has 24 heavy (non-hydrogen) atoms. The number of nitrogens with one attached hydrogen (secondary N) is 1. The van der Waals surface area contributed by atoms with Gasteiger partial charge in [-0.25, -0.2) is 13.6 Å². The summed E-state index contributed by atoms with van der Waals surface area (Å²) < 4.78 is 30.3. The summed E-state index contributed by atoms with van der Waals surface area (Å²) in [5.41, 5.74) is -0.178. The molecule has 1 aliphatic carbocycles. The van der Waals surface area contributed by atoms with E-state index in [0.717, 1.165) is 18.4 Å². The highest BCUT2D eigenvalue weighted by Crippen LogP contribution is 2.42. The smallest absolute Gasteiger partial charge is 0.326 e. The largest absolute Gasteiger partial charge is 0.497 e. The average Bonchev–Trinajstić information content (AvgIpc) is 3.04. The number of carbonyl (C=O) groups is 2. The number of hydrogen-bond donors (Lipinski definition) is 2. The van der Waals surface area contributed by atoms with E-state index in [1.165, 1.54) is 7.11 Å². The molecule has 1 fully saturated rings. The van der Waals surface area contributed by atoms with Crippen molar-refractivity contribution in [1.29, 1.82) is 0 Å². The van der Waals surface area contributed by atoms with Gasteiger partial charge >= 0.3 is 5.97 Å². The van der Waals surface area contributed by atoms with Gasteiger partial charge in [0.1, 0.15) is 11.8 Å². The predicted molar refractivity (Wildman–Crippen MR) is 83.3 cm³/mol. The molecule has 5 nitrogen and oxygen atoms in total. The van der Waals surface area contributed by atoms with Gasteiger partial charge in [-0.2, -0.15) is 0 Å². The lowest BCUT2D eigenvalue weighted by molar-refractivity contribution is -0.144. The van der Waals surface area contributed by atoms with E-state index in [9.17, 15) is 18.4 Å². The number of amides is 1. The van der Waals surface area contributed by atoms with Crippen LogP contribution in [0.15, 0.2) is 24.3 Å². The molecule has 132 valence electrons. The van der Waals surface area contributed by atoms with E-state index >= 15 is 0 Å². The van der Waals surface area contributed by atoms with Crippen LogP contribution in [0.3, 0.4) is 0 Å². The third-order valence-corrected chi connectivity index (χ3v) is 4.53. The molecular weight excluding hydrogens is 320 g/mol. The van der Waals surface area contributed by atoms with Gasteiger partial charge in [-0.05, 0) is 30.5 Å². The molecule has 1 aromatic rings. The molecule has 1 unspecified atom stereocenters. The zero-order chi connectivity index (χ0) is 17.7. The van der Waals surface area contributed by atoms with Crippen molar-refractivity contribution in [1.82, 2.24) is 5.32 Å². The molecule has 0 aliphatic heterocycles. The van der Waals surface area contributed by atoms with E-state index in [1.807, 2.05) is 0 Å². The van der Waals surface area contributed by atoms with Gasteiger partial charge in [0.25, 0.3) is 0 Å². The Morgan fingerprint density at radius 2 is 2.00 bits per heavy atom. The SMILES string of the molecule is COc1cccc(C2(C(=O)NC(CC(F)F)C(=O)O)CCCC2)c1. The molecule has 0 radical (unpaired) electrons. The fourth-order valence-corrected chi connectivity index (χ4v) is 3.24. The quantitative estimate of drug-likeness (QED) is 0.800. The Bertz CT molecular complexity index is 600. The van der Waals surface area contributed by atoms with E-state index in [2.05, 4.69) is 5.32 Å². The van der Waals surface area contributed by atoms with Crippen molar-refractivity contribution in [2.24, 2.45) is 0 Å². The number of carboxylic acid groups (broad SMARTS) is 1. The van der Waals surface area contributed by atoms with Crippen molar-refractivity contribution < 1.29 is 28.2 Å². The van der Waals surface area contributed by atoms with Crippen molar-refractivity contribution in [3.8, 4) is 5.75 Å². The Labute approximate surface area is 139 Å². The average molecular weight is 341 g/mol. The number of methoxy groups -OCH3 is 1. The van der Waals surface area contributed by atoms with Gasteiger partial charge in [-0.3, -0.25) is 4.79 Å². The molecule has 1 amide bonds. The summed E-state index contributed by atoms with van der Waals surface area (Å²) >= 11 is 0. The lowest BCUT2D eigenvalue weighted by Crippen LogP contribution is -2.50. The molecular formula is C17H21F2NO4. The van der Waals surface area contributed by atoms with Gasteiger partial charge in [0.05, 0.1) is 12.5 Å². The maximum atomic E-state index is 12.8. The summed E-state index contributed by atoms with van der Waals surface area (Å²) in [5, 5.41) is 11.4. The monoisotopic (exact) mass is 341 g/mol. The molecule has 1 aromatic carbocycles. The Kier molecular flexibility index (Phi) is 5.75. The van der Waals surface area contributed by atoms with Crippen LogP contribution < -0.4 is 10.1 Å². The van der Waals surface area contributed by atoms with E-state index in [4.69, 9.17) is 9.84 Å². The number of carbonyl (C=O) groups excluding carboxylic acids is 1. The van der Waals surface area contributed by atoms with Gasteiger partial charge in [0.15, 0.2) is 0 Å². The van der Waals surface area contributed by atoms with E-state index < -0.39 is 36.2 Å². The lowest BCUT2D eigenvalue weighted by atomic mass is 9.77. The molecule has 0 saturated heterocycles. The Morgan fingerprint density at radius 1 is 1.33 bits per heavy atom. The van der Waals surface area contributed by atoms with Crippen LogP contribution in [0.5, 0.6) is 5.75 Å². The first-order valence-corrected chi connectivity index (χ1v) is 7.85. The topological polar surface area (TPSA) is 75.6 Å². The van der Waals surface area contributed by atoms with E-state index in [-0.39, 0.29) is 0 Å². The van der Waals surface area contributed by atoms with Crippen LogP contribution in [-0.4, -0.2) is 36.6 Å². The number of ether oxygens (including phenoxy) is 1. The highest BCUT2D eigenvalue weighted by Gasteiger charge is 2.44. The second-order valence-corrected chi connectivity index (χ2v) is 6.01. The summed E-state index contributed by atoms with van der Waals surface area (Å²) in [6.45, 7) is 0. The molecule has 0 heterocycles. The number of benzene rings is 1. The minimum absolute atomic E-state index is 0.513. The van der Waals surface area contributed by atoms with Gasteiger partial charge in [-0.15, -0.1) is 0 Å². The van der Waals surface area contributed by atoms with Crippen LogP contribution in [0.1, 0.15) is 37.7 Å². The summed E-state index contributed by atoms with van der Waals surface area (Å²) in [6.07, 6.45) is -0.980. The van der Waals surface area contributed by atoms with Crippen LogP contribution in [0.2, 0.25) is 0 Å². The predicted octanol–water partition coefficient (Wildman–Crippen LogP) is 2.73. The van der Waals surface area contributed by atoms with Crippen LogP contribution in [0.4, 0.5) is 8.78 Å². The zero-order valence-corrected chi connectivity index (χ0v) is 13.4. The van der Waals surface area contributed by atoms with Gasteiger partial charge in [0.2, 0.25) is 12.3 Å². The van der Waals surface area contributed by atoms with Gasteiger partial charge < -0.3 is 15.2 Å². The molecule has 2 N–H and O–H groups in total. The van der Waals surface area contributed by atoms with Crippen molar-refractivity contribution in [2.75, 3.05) is 7.11 Å². The number of rotatable bonds is 7. The van der Waals surface area contributed by atoms with Crippen LogP contribution in [0.25, 0.3) is 0 Å². The summed E-state index contributed by atoms with van der Waals surface area (Å²) in [4.78, 5) is 24.0. The molecule has 2 rings (SSSR count). The summed E-state index contributed by atoms with van der Waals surface area (Å²) in [5.74, 6) is -1.38. The molecule has 0 aromatic heterocycles. The van der Waals surface area contributed by atoms with Crippen molar-refractivity contribution in [3.05, 3.63) is 29.8 Å². The number of hydrogen-bond acceptors (Lipinski definition) is 3. The molecule has 1 saturated carbocycles. The van der Waals surface area contributed by atoms with E-state index in [1.54, 1.807) is 24.3 Å². The normalized spacial score (nSPS) is 17.5. The second-order valence-electron chi connectivity index (χ2n) is 6.01. The zero-order valence-electron chi connectivity index (χ0n) is 13.4. The number of carboxylic acids is 1. The number of aliphatic carboxylic acids is 1. The summed E-state index contributed by atoms with van der Waals surface area (Å²) in [7, 11) is 1.52. The van der Waals surface area contributed by atoms with Crippen molar-refractivity contribution >= 4 is 11.9 Å². The minimum atomic E-state index is -2.80. The first-order valence-electron chi connectivity index (χ1n) is 7.85. The maximum absolute atomic E-state index is 12.8. The Hall–Kier alpha value is -2.18. The highest BCUT2D eigenvalue weighted by molar-refractivity contribution is 5.92. The van der Waals surface area contributed by atoms with Gasteiger partial charge in [-0.1, -0.05) is 25.0 Å². The number of alkyl halides is 2. The third kappa shape index (κ3) is 3.83. The lowest BCUT2D eigenvalue weighted by Gasteiger charge is -2.30. The number of halogens is 2. The highest BCUT2D eigenvalue weighted by atomic mass is 19.3. The molecule has 1 atom stereocenters. The Morgan fingerprint density at radius 3 is 2.54 bits per heavy atom. The van der Waals surface area contributed by atoms with Gasteiger partial charge in [0, 0.05) is 6.42 Å². The maximum Gasteiger partial charge on any atom is 0.326 e. The molecule has 0 bridgehead atoms. The third-order valence-electron chi connectivity index (χ3n) is 4.53. The van der Waals surface area contributed by atoms with Crippen LogP contribution in [0, 0.1) is 0 Å².